The van der Waals surface area contributed by atoms with Crippen molar-refractivity contribution in [3.63, 3.8) is 0 Å². The number of rotatable bonds is 2. The zero-order chi connectivity index (χ0) is 14.0. The Morgan fingerprint density at radius 2 is 2.16 bits per heavy atom. The van der Waals surface area contributed by atoms with Gasteiger partial charge in [-0.3, -0.25) is 4.79 Å². The molecule has 1 aromatic heterocycles. The summed E-state index contributed by atoms with van der Waals surface area (Å²) in [5, 5.41) is 9.22. The molecule has 1 aromatic rings. The van der Waals surface area contributed by atoms with Crippen molar-refractivity contribution in [3.05, 3.63) is 20.3 Å². The van der Waals surface area contributed by atoms with Crippen molar-refractivity contribution < 1.29 is 4.79 Å². The van der Waals surface area contributed by atoms with E-state index in [4.69, 9.17) is 23.2 Å². The van der Waals surface area contributed by atoms with Crippen LogP contribution in [0.3, 0.4) is 0 Å². The molecule has 102 valence electrons. The number of amides is 1. The van der Waals surface area contributed by atoms with Crippen LogP contribution in [0.25, 0.3) is 0 Å². The Kier molecular flexibility index (Phi) is 4.67. The van der Waals surface area contributed by atoms with Crippen molar-refractivity contribution in [3.8, 4) is 6.07 Å². The van der Waals surface area contributed by atoms with Crippen LogP contribution < -0.4 is 0 Å². The molecule has 0 spiro atoms. The Morgan fingerprint density at radius 1 is 1.53 bits per heavy atom. The summed E-state index contributed by atoms with van der Waals surface area (Å²) in [7, 11) is 0. The quantitative estimate of drug-likeness (QED) is 0.823. The topological polar surface area (TPSA) is 44.1 Å². The fraction of sp³-hybridized carbons (Fsp3) is 0.500. The summed E-state index contributed by atoms with van der Waals surface area (Å²) in [5.74, 6) is -0.0965. The number of likely N-dealkylation sites (tertiary alicyclic amines) is 1. The van der Waals surface area contributed by atoms with E-state index in [0.717, 1.165) is 0 Å². The minimum absolute atomic E-state index is 0.0965. The van der Waals surface area contributed by atoms with Crippen molar-refractivity contribution in [1.82, 2.24) is 4.90 Å². The van der Waals surface area contributed by atoms with Gasteiger partial charge >= 0.3 is 0 Å². The number of halogens is 2. The summed E-state index contributed by atoms with van der Waals surface area (Å²) < 4.78 is 0.588. The van der Waals surface area contributed by atoms with Gasteiger partial charge in [-0.1, -0.05) is 23.2 Å². The molecule has 3 nitrogen and oxygen atoms in total. The summed E-state index contributed by atoms with van der Waals surface area (Å²) >= 11 is 14.6. The van der Waals surface area contributed by atoms with Crippen LogP contribution in [0.15, 0.2) is 6.07 Å². The number of nitriles is 1. The molecule has 1 amide bonds. The van der Waals surface area contributed by atoms with Crippen molar-refractivity contribution in [2.24, 2.45) is 0 Å². The zero-order valence-corrected chi connectivity index (χ0v) is 13.4. The van der Waals surface area contributed by atoms with E-state index in [0.29, 0.717) is 40.2 Å². The molecule has 1 fully saturated rings. The minimum Gasteiger partial charge on any atom is -0.338 e. The third-order valence-corrected chi connectivity index (χ3v) is 6.11. The molecular formula is C12H12Cl2N2OS2. The molecule has 19 heavy (non-hydrogen) atoms. The van der Waals surface area contributed by atoms with E-state index >= 15 is 0 Å². The maximum Gasteiger partial charge on any atom is 0.256 e. The van der Waals surface area contributed by atoms with Gasteiger partial charge in [0.05, 0.1) is 16.0 Å². The number of carbonyl (C=O) groups excluding carboxylic acids is 1. The highest BCUT2D eigenvalue weighted by atomic mass is 35.5. The molecule has 0 unspecified atom stereocenters. The van der Waals surface area contributed by atoms with E-state index in [1.807, 2.05) is 6.26 Å². The van der Waals surface area contributed by atoms with Crippen LogP contribution >= 0.6 is 46.3 Å². The standard InChI is InChI=1S/C12H12Cl2N2OS2/c1-18-12(7-15)2-4-16(5-3-12)11(17)8-6-9(13)19-10(8)14/h6H,2-5H2,1H3. The first kappa shape index (κ1) is 15.0. The fourth-order valence-electron chi connectivity index (χ4n) is 2.09. The number of thioether (sulfide) groups is 1. The molecule has 0 bridgehead atoms. The van der Waals surface area contributed by atoms with Gasteiger partial charge in [0, 0.05) is 13.1 Å². The predicted molar refractivity (Wildman–Crippen MR) is 81.3 cm³/mol. The number of nitrogens with zero attached hydrogens (tertiary/aromatic N) is 2. The molecule has 7 heteroatoms. The van der Waals surface area contributed by atoms with Gasteiger partial charge in [-0.2, -0.15) is 5.26 Å². The van der Waals surface area contributed by atoms with Crippen LogP contribution in [0, 0.1) is 11.3 Å². The minimum atomic E-state index is -0.354. The van der Waals surface area contributed by atoms with Gasteiger partial charge in [0.2, 0.25) is 0 Å². The van der Waals surface area contributed by atoms with E-state index in [1.165, 1.54) is 11.3 Å². The van der Waals surface area contributed by atoms with Gasteiger partial charge in [-0.05, 0) is 25.2 Å². The van der Waals surface area contributed by atoms with Gasteiger partial charge in [-0.25, -0.2) is 0 Å². The molecule has 0 radical (unpaired) electrons. The van der Waals surface area contributed by atoms with Gasteiger partial charge in [-0.15, -0.1) is 23.1 Å². The van der Waals surface area contributed by atoms with Crippen LogP contribution in [-0.2, 0) is 0 Å². The Labute approximate surface area is 130 Å². The predicted octanol–water partition coefficient (Wildman–Crippen LogP) is 3.92. The first-order valence-corrected chi connectivity index (χ1v) is 8.51. The summed E-state index contributed by atoms with van der Waals surface area (Å²) in [6.45, 7) is 1.16. The van der Waals surface area contributed by atoms with Crippen LogP contribution in [-0.4, -0.2) is 34.9 Å². The molecule has 1 aliphatic heterocycles. The molecule has 1 aliphatic rings. The van der Waals surface area contributed by atoms with Crippen LogP contribution in [0.1, 0.15) is 23.2 Å². The number of carbonyl (C=O) groups is 1. The molecule has 1 saturated heterocycles. The lowest BCUT2D eigenvalue weighted by atomic mass is 9.97. The SMILES string of the molecule is CSC1(C#N)CCN(C(=O)c2cc(Cl)sc2Cl)CC1. The highest BCUT2D eigenvalue weighted by Crippen LogP contribution is 2.36. The summed E-state index contributed by atoms with van der Waals surface area (Å²) in [6, 6.07) is 3.97. The summed E-state index contributed by atoms with van der Waals surface area (Å²) in [5.41, 5.74) is 0.463. The van der Waals surface area contributed by atoms with Gasteiger partial charge < -0.3 is 4.90 Å². The maximum absolute atomic E-state index is 12.3. The average Bonchev–Trinajstić information content (AvgIpc) is 2.77. The van der Waals surface area contributed by atoms with Crippen LogP contribution in [0.4, 0.5) is 0 Å². The second-order valence-corrected chi connectivity index (χ2v) is 7.82. The Hall–Kier alpha value is -0.410. The molecule has 0 atom stereocenters. The second-order valence-electron chi connectivity index (χ2n) is 4.34. The molecule has 0 aromatic carbocycles. The van der Waals surface area contributed by atoms with E-state index in [2.05, 4.69) is 6.07 Å². The molecule has 2 heterocycles. The first-order valence-electron chi connectivity index (χ1n) is 5.72. The zero-order valence-electron chi connectivity index (χ0n) is 10.3. The summed E-state index contributed by atoms with van der Waals surface area (Å²) in [6.07, 6.45) is 3.31. The second kappa shape index (κ2) is 5.92. The number of thiophene rings is 1. The Morgan fingerprint density at radius 3 is 2.58 bits per heavy atom. The molecule has 0 aliphatic carbocycles. The molecule has 0 N–H and O–H groups in total. The smallest absolute Gasteiger partial charge is 0.256 e. The largest absolute Gasteiger partial charge is 0.338 e. The van der Waals surface area contributed by atoms with Crippen molar-refractivity contribution in [1.29, 1.82) is 5.26 Å². The van der Waals surface area contributed by atoms with E-state index in [9.17, 15) is 10.1 Å². The van der Waals surface area contributed by atoms with Crippen molar-refractivity contribution >= 4 is 52.2 Å². The van der Waals surface area contributed by atoms with Crippen molar-refractivity contribution in [2.45, 2.75) is 17.6 Å². The first-order chi connectivity index (χ1) is 9.01. The Balaban J connectivity index is 2.08. The maximum atomic E-state index is 12.3. The van der Waals surface area contributed by atoms with Crippen LogP contribution in [0.5, 0.6) is 0 Å². The lowest BCUT2D eigenvalue weighted by Crippen LogP contribution is -2.44. The lowest BCUT2D eigenvalue weighted by molar-refractivity contribution is 0.0717. The molecule has 2 rings (SSSR count). The highest BCUT2D eigenvalue weighted by Gasteiger charge is 2.36. The lowest BCUT2D eigenvalue weighted by Gasteiger charge is -2.36. The third kappa shape index (κ3) is 3.03. The number of piperidine rings is 1. The Bertz CT molecular complexity index is 530. The average molecular weight is 335 g/mol. The highest BCUT2D eigenvalue weighted by molar-refractivity contribution is 8.00. The third-order valence-electron chi connectivity index (χ3n) is 3.34. The fourth-order valence-corrected chi connectivity index (χ4v) is 4.22. The van der Waals surface area contributed by atoms with E-state index in [-0.39, 0.29) is 10.7 Å². The normalized spacial score (nSPS) is 18.1. The molecular weight excluding hydrogens is 323 g/mol. The number of hydrogen-bond acceptors (Lipinski definition) is 4. The summed E-state index contributed by atoms with van der Waals surface area (Å²) in [4.78, 5) is 14.1. The van der Waals surface area contributed by atoms with Crippen molar-refractivity contribution in [2.75, 3.05) is 19.3 Å². The van der Waals surface area contributed by atoms with Gasteiger partial charge in [0.15, 0.2) is 0 Å². The van der Waals surface area contributed by atoms with E-state index < -0.39 is 0 Å². The monoisotopic (exact) mass is 334 g/mol. The number of hydrogen-bond donors (Lipinski definition) is 0. The van der Waals surface area contributed by atoms with E-state index in [1.54, 1.807) is 22.7 Å². The molecule has 0 saturated carbocycles. The van der Waals surface area contributed by atoms with Gasteiger partial charge in [0.1, 0.15) is 9.08 Å². The van der Waals surface area contributed by atoms with Gasteiger partial charge in [0.25, 0.3) is 5.91 Å². The van der Waals surface area contributed by atoms with Crippen LogP contribution in [0.2, 0.25) is 8.67 Å².